The summed E-state index contributed by atoms with van der Waals surface area (Å²) in [4.78, 5) is 0. The highest BCUT2D eigenvalue weighted by Crippen LogP contribution is 2.36. The lowest BCUT2D eigenvalue weighted by atomic mass is 9.93. The quantitative estimate of drug-likeness (QED) is 0.570. The summed E-state index contributed by atoms with van der Waals surface area (Å²) in [6.45, 7) is 4.53. The Hall–Kier alpha value is -1.63. The van der Waals surface area contributed by atoms with Crippen molar-refractivity contribution in [3.63, 3.8) is 0 Å². The van der Waals surface area contributed by atoms with E-state index in [0.29, 0.717) is 0 Å². The lowest BCUT2D eigenvalue weighted by Crippen LogP contribution is -2.50. The summed E-state index contributed by atoms with van der Waals surface area (Å²) in [7, 11) is 0. The van der Waals surface area contributed by atoms with Crippen molar-refractivity contribution >= 4 is 0 Å². The molecule has 0 radical (unpaired) electrons. The molecule has 0 amide bonds. The van der Waals surface area contributed by atoms with E-state index >= 15 is 0 Å². The van der Waals surface area contributed by atoms with Gasteiger partial charge in [-0.1, -0.05) is 18.2 Å². The molecule has 0 saturated heterocycles. The van der Waals surface area contributed by atoms with Crippen molar-refractivity contribution in [3.8, 4) is 11.3 Å². The smallest absolute Gasteiger partial charge is 0.189 e. The number of hydrogen-bond acceptors (Lipinski definition) is 0. The van der Waals surface area contributed by atoms with E-state index in [1.165, 1.54) is 16.8 Å². The SMILES string of the molecule is CC1(C)c2ccccc2-c2cccc[n+]21. The fourth-order valence-corrected chi connectivity index (χ4v) is 2.52. The number of fused-ring (bicyclic) bond motifs is 3. The minimum atomic E-state index is 0.0766. The van der Waals surface area contributed by atoms with Crippen LogP contribution in [0, 0.1) is 0 Å². The topological polar surface area (TPSA) is 3.88 Å². The maximum atomic E-state index is 2.34. The average Bonchev–Trinajstić information content (AvgIpc) is 2.51. The third-order valence-corrected chi connectivity index (χ3v) is 3.32. The number of pyridine rings is 1. The van der Waals surface area contributed by atoms with Crippen LogP contribution in [-0.4, -0.2) is 0 Å². The molecule has 0 fully saturated rings. The number of aromatic nitrogens is 1. The highest BCUT2D eigenvalue weighted by atomic mass is 15.1. The van der Waals surface area contributed by atoms with Crippen LogP contribution in [0.3, 0.4) is 0 Å². The Kier molecular flexibility index (Phi) is 1.55. The highest BCUT2D eigenvalue weighted by Gasteiger charge is 2.42. The average molecular weight is 196 g/mol. The number of hydrogen-bond donors (Lipinski definition) is 0. The van der Waals surface area contributed by atoms with Gasteiger partial charge in [-0.15, -0.1) is 0 Å². The predicted molar refractivity (Wildman–Crippen MR) is 60.5 cm³/mol. The van der Waals surface area contributed by atoms with Gasteiger partial charge in [-0.2, -0.15) is 4.57 Å². The first-order valence-corrected chi connectivity index (χ1v) is 5.32. The highest BCUT2D eigenvalue weighted by molar-refractivity contribution is 5.65. The zero-order chi connectivity index (χ0) is 10.5. The van der Waals surface area contributed by atoms with Gasteiger partial charge in [0.1, 0.15) is 0 Å². The van der Waals surface area contributed by atoms with E-state index in [1.54, 1.807) is 0 Å². The van der Waals surface area contributed by atoms with E-state index in [1.807, 2.05) is 0 Å². The molecule has 0 aliphatic carbocycles. The fourth-order valence-electron chi connectivity index (χ4n) is 2.52. The summed E-state index contributed by atoms with van der Waals surface area (Å²) in [5.41, 5.74) is 4.17. The van der Waals surface area contributed by atoms with Crippen molar-refractivity contribution < 1.29 is 4.57 Å². The molecule has 0 unspecified atom stereocenters. The van der Waals surface area contributed by atoms with Crippen LogP contribution in [0.4, 0.5) is 0 Å². The zero-order valence-electron chi connectivity index (χ0n) is 9.07. The van der Waals surface area contributed by atoms with E-state index in [2.05, 4.69) is 67.1 Å². The van der Waals surface area contributed by atoms with Gasteiger partial charge in [0.15, 0.2) is 11.7 Å². The Morgan fingerprint density at radius 2 is 1.67 bits per heavy atom. The van der Waals surface area contributed by atoms with E-state index in [9.17, 15) is 0 Å². The molecule has 74 valence electrons. The lowest BCUT2D eigenvalue weighted by molar-refractivity contribution is -0.731. The molecule has 1 aromatic heterocycles. The molecule has 0 spiro atoms. The van der Waals surface area contributed by atoms with Crippen LogP contribution in [0.15, 0.2) is 48.7 Å². The van der Waals surface area contributed by atoms with E-state index in [-0.39, 0.29) is 5.54 Å². The molecule has 1 heteroatoms. The molecular weight excluding hydrogens is 182 g/mol. The molecule has 2 aromatic rings. The van der Waals surface area contributed by atoms with Crippen LogP contribution in [-0.2, 0) is 5.54 Å². The third kappa shape index (κ3) is 1.01. The molecule has 0 N–H and O–H groups in total. The molecule has 1 aromatic carbocycles. The molecule has 15 heavy (non-hydrogen) atoms. The van der Waals surface area contributed by atoms with Gasteiger partial charge in [-0.3, -0.25) is 0 Å². The second kappa shape index (κ2) is 2.69. The van der Waals surface area contributed by atoms with Crippen LogP contribution in [0.5, 0.6) is 0 Å². The van der Waals surface area contributed by atoms with Crippen molar-refractivity contribution in [2.75, 3.05) is 0 Å². The largest absolute Gasteiger partial charge is 0.213 e. The Bertz CT molecular complexity index is 479. The van der Waals surface area contributed by atoms with Crippen LogP contribution < -0.4 is 4.57 Å². The Morgan fingerprint density at radius 1 is 0.933 bits per heavy atom. The predicted octanol–water partition coefficient (Wildman–Crippen LogP) is 2.74. The van der Waals surface area contributed by atoms with Gasteiger partial charge in [0, 0.05) is 31.5 Å². The summed E-state index contributed by atoms with van der Waals surface area (Å²) < 4.78 is 2.34. The van der Waals surface area contributed by atoms with E-state index in [4.69, 9.17) is 0 Å². The molecule has 1 aliphatic heterocycles. The zero-order valence-corrected chi connectivity index (χ0v) is 9.07. The number of rotatable bonds is 0. The summed E-state index contributed by atoms with van der Waals surface area (Å²) in [5, 5.41) is 0. The lowest BCUT2D eigenvalue weighted by Gasteiger charge is -2.14. The molecule has 0 atom stereocenters. The number of benzene rings is 1. The Morgan fingerprint density at radius 3 is 2.53 bits per heavy atom. The van der Waals surface area contributed by atoms with Crippen LogP contribution in [0.1, 0.15) is 19.4 Å². The van der Waals surface area contributed by atoms with Gasteiger partial charge in [0.05, 0.1) is 5.56 Å². The maximum absolute atomic E-state index is 2.34. The van der Waals surface area contributed by atoms with Gasteiger partial charge in [0.25, 0.3) is 0 Å². The monoisotopic (exact) mass is 196 g/mol. The van der Waals surface area contributed by atoms with Crippen LogP contribution in [0.2, 0.25) is 0 Å². The maximum Gasteiger partial charge on any atom is 0.213 e. The Balaban J connectivity index is 2.42. The van der Waals surface area contributed by atoms with Gasteiger partial charge < -0.3 is 0 Å². The first-order chi connectivity index (χ1) is 7.21. The molecule has 1 nitrogen and oxygen atoms in total. The van der Waals surface area contributed by atoms with E-state index in [0.717, 1.165) is 0 Å². The van der Waals surface area contributed by atoms with Gasteiger partial charge in [0.2, 0.25) is 5.69 Å². The summed E-state index contributed by atoms with van der Waals surface area (Å²) in [6, 6.07) is 15.0. The van der Waals surface area contributed by atoms with Crippen LogP contribution >= 0.6 is 0 Å². The number of nitrogens with zero attached hydrogens (tertiary/aromatic N) is 1. The minimum Gasteiger partial charge on any atom is -0.189 e. The molecule has 3 rings (SSSR count). The molecular formula is C14H14N+. The van der Waals surface area contributed by atoms with Crippen molar-refractivity contribution in [1.82, 2.24) is 0 Å². The van der Waals surface area contributed by atoms with Crippen molar-refractivity contribution in [1.29, 1.82) is 0 Å². The van der Waals surface area contributed by atoms with Crippen LogP contribution in [0.25, 0.3) is 11.3 Å². The first kappa shape index (κ1) is 8.66. The second-order valence-electron chi connectivity index (χ2n) is 4.56. The molecule has 0 bridgehead atoms. The van der Waals surface area contributed by atoms with Crippen molar-refractivity contribution in [2.24, 2.45) is 0 Å². The first-order valence-electron chi connectivity index (χ1n) is 5.32. The van der Waals surface area contributed by atoms with Crippen molar-refractivity contribution in [3.05, 3.63) is 54.2 Å². The molecule has 0 saturated carbocycles. The van der Waals surface area contributed by atoms with E-state index < -0.39 is 0 Å². The Labute approximate surface area is 90.0 Å². The van der Waals surface area contributed by atoms with Gasteiger partial charge in [-0.25, -0.2) is 0 Å². The fraction of sp³-hybridized carbons (Fsp3) is 0.214. The van der Waals surface area contributed by atoms with Gasteiger partial charge in [-0.05, 0) is 12.1 Å². The summed E-state index contributed by atoms with van der Waals surface area (Å²) >= 11 is 0. The van der Waals surface area contributed by atoms with Gasteiger partial charge >= 0.3 is 0 Å². The summed E-state index contributed by atoms with van der Waals surface area (Å²) in [6.07, 6.45) is 2.16. The second-order valence-corrected chi connectivity index (χ2v) is 4.56. The third-order valence-electron chi connectivity index (χ3n) is 3.32. The molecule has 1 aliphatic rings. The standard InChI is InChI=1S/C14H14N/c1-14(2)12-8-4-3-7-11(12)13-9-5-6-10-15(13)14/h3-10H,1-2H3/q+1. The normalized spacial score (nSPS) is 15.9. The molecule has 2 heterocycles. The van der Waals surface area contributed by atoms with Crippen molar-refractivity contribution in [2.45, 2.75) is 19.4 Å². The summed E-state index contributed by atoms with van der Waals surface area (Å²) in [5.74, 6) is 0. The minimum absolute atomic E-state index is 0.0766.